The molecule has 0 spiro atoms. The maximum Gasteiger partial charge on any atom is 0.586 e. The van der Waals surface area contributed by atoms with Gasteiger partial charge in [0.15, 0.2) is 11.5 Å². The minimum absolute atomic E-state index is 0.0478. The Labute approximate surface area is 128 Å². The van der Waals surface area contributed by atoms with Crippen LogP contribution in [0.3, 0.4) is 0 Å². The first-order valence-corrected chi connectivity index (χ1v) is 7.64. The molecule has 1 aromatic carbocycles. The number of hydrogen-bond acceptors (Lipinski definition) is 4. The van der Waals surface area contributed by atoms with Gasteiger partial charge in [-0.25, -0.2) is 0 Å². The van der Waals surface area contributed by atoms with E-state index < -0.39 is 6.29 Å². The molecule has 1 unspecified atom stereocenters. The van der Waals surface area contributed by atoms with Gasteiger partial charge in [-0.05, 0) is 36.6 Å². The number of nitrogens with one attached hydrogen (secondary N) is 1. The zero-order valence-corrected chi connectivity index (χ0v) is 12.2. The zero-order chi connectivity index (χ0) is 14.6. The molecule has 4 rings (SSSR count). The second kappa shape index (κ2) is 4.48. The topological polar surface area (TPSA) is 30.5 Å². The predicted octanol–water partition coefficient (Wildman–Crippen LogP) is 4.82. The molecule has 2 heterocycles. The SMILES string of the molecule is FC1(F)Oc2ccc(NC3CCc4sc(Cl)cc43)cc2O1. The van der Waals surface area contributed by atoms with Crippen molar-refractivity contribution in [1.82, 2.24) is 0 Å². The van der Waals surface area contributed by atoms with Crippen LogP contribution in [-0.2, 0) is 6.42 Å². The van der Waals surface area contributed by atoms with Crippen molar-refractivity contribution in [3.63, 3.8) is 0 Å². The maximum atomic E-state index is 13.0. The number of aryl methyl sites for hydroxylation is 1. The average molecular weight is 330 g/mol. The molecule has 110 valence electrons. The van der Waals surface area contributed by atoms with Crippen LogP contribution in [0.4, 0.5) is 14.5 Å². The molecule has 0 fully saturated rings. The van der Waals surface area contributed by atoms with Crippen LogP contribution >= 0.6 is 22.9 Å². The van der Waals surface area contributed by atoms with Crippen molar-refractivity contribution in [2.24, 2.45) is 0 Å². The van der Waals surface area contributed by atoms with Crippen LogP contribution in [0, 0.1) is 0 Å². The molecule has 2 aromatic rings. The summed E-state index contributed by atoms with van der Waals surface area (Å²) in [5.74, 6) is 0.0998. The number of rotatable bonds is 2. The van der Waals surface area contributed by atoms with E-state index in [1.807, 2.05) is 6.07 Å². The largest absolute Gasteiger partial charge is 0.586 e. The summed E-state index contributed by atoms with van der Waals surface area (Å²) in [5.41, 5.74) is 1.91. The number of benzene rings is 1. The summed E-state index contributed by atoms with van der Waals surface area (Å²) in [4.78, 5) is 1.28. The third-order valence-electron chi connectivity index (χ3n) is 3.59. The van der Waals surface area contributed by atoms with Crippen LogP contribution in [0.25, 0.3) is 0 Å². The fourth-order valence-corrected chi connectivity index (χ4v) is 4.08. The lowest BCUT2D eigenvalue weighted by Gasteiger charge is -2.14. The minimum Gasteiger partial charge on any atom is -0.395 e. The van der Waals surface area contributed by atoms with Crippen LogP contribution in [0.2, 0.25) is 4.34 Å². The molecule has 1 aliphatic heterocycles. The molecular formula is C14H10ClF2NO2S. The first kappa shape index (κ1) is 13.2. The number of thiophene rings is 1. The minimum atomic E-state index is -3.58. The van der Waals surface area contributed by atoms with Gasteiger partial charge in [-0.3, -0.25) is 0 Å². The van der Waals surface area contributed by atoms with Crippen LogP contribution in [-0.4, -0.2) is 6.29 Å². The Morgan fingerprint density at radius 2 is 2.05 bits per heavy atom. The highest BCUT2D eigenvalue weighted by Gasteiger charge is 2.43. The Hall–Kier alpha value is -1.53. The van der Waals surface area contributed by atoms with Crippen molar-refractivity contribution >= 4 is 28.6 Å². The molecule has 21 heavy (non-hydrogen) atoms. The monoisotopic (exact) mass is 329 g/mol. The van der Waals surface area contributed by atoms with Crippen LogP contribution in [0.1, 0.15) is 22.9 Å². The highest BCUT2D eigenvalue weighted by molar-refractivity contribution is 7.16. The van der Waals surface area contributed by atoms with Crippen molar-refractivity contribution < 1.29 is 18.3 Å². The van der Waals surface area contributed by atoms with Gasteiger partial charge < -0.3 is 14.8 Å². The van der Waals surface area contributed by atoms with Crippen molar-refractivity contribution in [3.05, 3.63) is 39.0 Å². The molecule has 3 nitrogen and oxygen atoms in total. The van der Waals surface area contributed by atoms with Gasteiger partial charge in [0.25, 0.3) is 0 Å². The standard InChI is InChI=1S/C14H10ClF2NO2S/c15-13-6-8-9(2-4-12(8)21-13)18-7-1-3-10-11(5-7)20-14(16,17)19-10/h1,3,5-6,9,18H,2,4H2. The molecule has 1 aliphatic carbocycles. The molecule has 0 saturated heterocycles. The first-order chi connectivity index (χ1) is 10.00. The number of anilines is 1. The zero-order valence-electron chi connectivity index (χ0n) is 10.7. The summed E-state index contributed by atoms with van der Waals surface area (Å²) in [6.07, 6.45) is -1.64. The summed E-state index contributed by atoms with van der Waals surface area (Å²) < 4.78 is 35.6. The Bertz CT molecular complexity index is 719. The summed E-state index contributed by atoms with van der Waals surface area (Å²) in [6.45, 7) is 0. The second-order valence-electron chi connectivity index (χ2n) is 4.99. The number of fused-ring (bicyclic) bond motifs is 2. The van der Waals surface area contributed by atoms with Gasteiger partial charge in [0.2, 0.25) is 0 Å². The molecule has 1 atom stereocenters. The molecule has 0 amide bonds. The van der Waals surface area contributed by atoms with E-state index in [4.69, 9.17) is 11.6 Å². The van der Waals surface area contributed by atoms with Crippen molar-refractivity contribution in [1.29, 1.82) is 0 Å². The molecular weight excluding hydrogens is 320 g/mol. The summed E-state index contributed by atoms with van der Waals surface area (Å²) in [6, 6.07) is 6.82. The first-order valence-electron chi connectivity index (χ1n) is 6.45. The molecule has 1 aromatic heterocycles. The highest BCUT2D eigenvalue weighted by Crippen LogP contribution is 2.44. The average Bonchev–Trinajstić information content (AvgIpc) is 3.01. The van der Waals surface area contributed by atoms with Gasteiger partial charge in [0.05, 0.1) is 10.4 Å². The van der Waals surface area contributed by atoms with Gasteiger partial charge in [0.1, 0.15) is 0 Å². The van der Waals surface area contributed by atoms with Crippen LogP contribution in [0.15, 0.2) is 24.3 Å². The lowest BCUT2D eigenvalue weighted by atomic mass is 10.1. The summed E-state index contributed by atoms with van der Waals surface area (Å²) >= 11 is 7.62. The van der Waals surface area contributed by atoms with E-state index in [0.29, 0.717) is 0 Å². The second-order valence-corrected chi connectivity index (χ2v) is 6.76. The molecule has 0 saturated carbocycles. The Balaban J connectivity index is 1.57. The van der Waals surface area contributed by atoms with Crippen LogP contribution in [0.5, 0.6) is 11.5 Å². The van der Waals surface area contributed by atoms with E-state index in [9.17, 15) is 8.78 Å². The van der Waals surface area contributed by atoms with Gasteiger partial charge in [-0.1, -0.05) is 11.6 Å². The fraction of sp³-hybridized carbons (Fsp3) is 0.286. The smallest absolute Gasteiger partial charge is 0.395 e. The lowest BCUT2D eigenvalue weighted by molar-refractivity contribution is -0.286. The van der Waals surface area contributed by atoms with E-state index >= 15 is 0 Å². The van der Waals surface area contributed by atoms with E-state index in [2.05, 4.69) is 14.8 Å². The van der Waals surface area contributed by atoms with Crippen LogP contribution < -0.4 is 14.8 Å². The number of ether oxygens (including phenoxy) is 2. The quantitative estimate of drug-likeness (QED) is 0.856. The molecule has 0 bridgehead atoms. The Morgan fingerprint density at radius 3 is 2.90 bits per heavy atom. The molecule has 1 N–H and O–H groups in total. The third kappa shape index (κ3) is 2.32. The van der Waals surface area contributed by atoms with Gasteiger partial charge in [-0.15, -0.1) is 20.1 Å². The van der Waals surface area contributed by atoms with Crippen molar-refractivity contribution in [2.75, 3.05) is 5.32 Å². The van der Waals surface area contributed by atoms with Gasteiger partial charge in [0, 0.05) is 16.6 Å². The Morgan fingerprint density at radius 1 is 1.24 bits per heavy atom. The van der Waals surface area contributed by atoms with Crippen molar-refractivity contribution in [2.45, 2.75) is 25.2 Å². The number of alkyl halides is 2. The normalized spacial score (nSPS) is 21.4. The Kier molecular flexibility index (Phi) is 2.81. The van der Waals surface area contributed by atoms with E-state index in [1.165, 1.54) is 22.6 Å². The van der Waals surface area contributed by atoms with Gasteiger partial charge >= 0.3 is 6.29 Å². The summed E-state index contributed by atoms with van der Waals surface area (Å²) in [5, 5.41) is 3.34. The molecule has 2 aliphatic rings. The van der Waals surface area contributed by atoms with Crippen molar-refractivity contribution in [3.8, 4) is 11.5 Å². The highest BCUT2D eigenvalue weighted by atomic mass is 35.5. The molecule has 0 radical (unpaired) electrons. The fourth-order valence-electron chi connectivity index (χ4n) is 2.72. The number of halogens is 3. The van der Waals surface area contributed by atoms with E-state index in [0.717, 1.165) is 22.9 Å². The van der Waals surface area contributed by atoms with E-state index in [-0.39, 0.29) is 17.5 Å². The predicted molar refractivity (Wildman–Crippen MR) is 76.7 cm³/mol. The van der Waals surface area contributed by atoms with Gasteiger partial charge in [-0.2, -0.15) is 0 Å². The van der Waals surface area contributed by atoms with E-state index in [1.54, 1.807) is 17.4 Å². The third-order valence-corrected chi connectivity index (χ3v) is 4.93. The number of hydrogen-bond donors (Lipinski definition) is 1. The lowest BCUT2D eigenvalue weighted by Crippen LogP contribution is -2.25. The summed E-state index contributed by atoms with van der Waals surface area (Å²) in [7, 11) is 0. The maximum absolute atomic E-state index is 13.0. The molecule has 7 heteroatoms.